The summed E-state index contributed by atoms with van der Waals surface area (Å²) >= 11 is 0. The molecule has 0 spiro atoms. The number of benzene rings is 1. The van der Waals surface area contributed by atoms with Gasteiger partial charge >= 0.3 is 0 Å². The van der Waals surface area contributed by atoms with Crippen LogP contribution >= 0.6 is 0 Å². The van der Waals surface area contributed by atoms with Crippen LogP contribution in [0, 0.1) is 0 Å². The van der Waals surface area contributed by atoms with Crippen molar-refractivity contribution in [3.63, 3.8) is 0 Å². The lowest BCUT2D eigenvalue weighted by atomic mass is 9.89. The Morgan fingerprint density at radius 2 is 2.10 bits per heavy atom. The molecule has 0 radical (unpaired) electrons. The van der Waals surface area contributed by atoms with Crippen molar-refractivity contribution in [1.29, 1.82) is 0 Å². The molecule has 0 aliphatic carbocycles. The predicted octanol–water partition coefficient (Wildman–Crippen LogP) is 1.78. The zero-order valence-electron chi connectivity index (χ0n) is 11.8. The molecule has 1 aromatic carbocycles. The van der Waals surface area contributed by atoms with Gasteiger partial charge in [-0.15, -0.1) is 0 Å². The molecule has 1 aliphatic heterocycles. The molecule has 110 valence electrons. The van der Waals surface area contributed by atoms with Gasteiger partial charge in [-0.2, -0.15) is 0 Å². The monoisotopic (exact) mass is 287 g/mol. The van der Waals surface area contributed by atoms with E-state index < -0.39 is 5.60 Å². The topological polar surface area (TPSA) is 70.8 Å². The summed E-state index contributed by atoms with van der Waals surface area (Å²) in [7, 11) is 0. The van der Waals surface area contributed by atoms with Crippen LogP contribution in [0.5, 0.6) is 0 Å². The van der Waals surface area contributed by atoms with Gasteiger partial charge in [0.1, 0.15) is 5.58 Å². The van der Waals surface area contributed by atoms with Crippen LogP contribution in [-0.4, -0.2) is 34.6 Å². The van der Waals surface area contributed by atoms with Gasteiger partial charge in [0.25, 0.3) is 5.91 Å². The van der Waals surface area contributed by atoms with Gasteiger partial charge in [-0.1, -0.05) is 25.5 Å². The summed E-state index contributed by atoms with van der Waals surface area (Å²) in [4.78, 5) is 25.8. The number of rotatable bonds is 3. The van der Waals surface area contributed by atoms with E-state index in [1.807, 2.05) is 6.92 Å². The third kappa shape index (κ3) is 2.45. The fourth-order valence-electron chi connectivity index (χ4n) is 2.80. The Morgan fingerprint density at radius 3 is 2.81 bits per heavy atom. The molecular formula is C16H17NO4. The molecule has 0 unspecified atom stereocenters. The lowest BCUT2D eigenvalue weighted by molar-refractivity contribution is -0.0867. The number of likely N-dealkylation sites (tertiary alicyclic amines) is 1. The molecule has 5 nitrogen and oxygen atoms in total. The third-order valence-electron chi connectivity index (χ3n) is 3.82. The average Bonchev–Trinajstić information content (AvgIpc) is 2.44. The maximum atomic E-state index is 12.3. The van der Waals surface area contributed by atoms with E-state index in [1.165, 1.54) is 11.0 Å². The maximum absolute atomic E-state index is 12.3. The Bertz CT molecular complexity index is 743. The summed E-state index contributed by atoms with van der Waals surface area (Å²) in [5.74, 6) is -0.323. The van der Waals surface area contributed by atoms with Crippen molar-refractivity contribution in [3.8, 4) is 0 Å². The molecule has 2 aromatic rings. The highest BCUT2D eigenvalue weighted by atomic mass is 16.3. The van der Waals surface area contributed by atoms with Gasteiger partial charge in [-0.25, -0.2) is 0 Å². The molecule has 5 heteroatoms. The van der Waals surface area contributed by atoms with Crippen LogP contribution in [0.15, 0.2) is 39.5 Å². The van der Waals surface area contributed by atoms with Crippen molar-refractivity contribution in [2.45, 2.75) is 25.4 Å². The first kappa shape index (κ1) is 13.8. The fraction of sp³-hybridized carbons (Fsp3) is 0.375. The standard InChI is InChI=1S/C16H17NO4/c1-2-7-16(20)9-17(10-16)15(19)14-8-12(18)11-5-3-4-6-13(11)21-14/h3-6,8,20H,2,7,9-10H2,1H3. The molecule has 0 saturated carbocycles. The maximum Gasteiger partial charge on any atom is 0.289 e. The second kappa shape index (κ2) is 5.00. The summed E-state index contributed by atoms with van der Waals surface area (Å²) in [6.07, 6.45) is 1.53. The summed E-state index contributed by atoms with van der Waals surface area (Å²) in [5.41, 5.74) is -0.621. The van der Waals surface area contributed by atoms with E-state index in [4.69, 9.17) is 4.42 Å². The summed E-state index contributed by atoms with van der Waals surface area (Å²) in [5, 5.41) is 10.6. The van der Waals surface area contributed by atoms with Gasteiger partial charge in [0.2, 0.25) is 0 Å². The van der Waals surface area contributed by atoms with Crippen molar-refractivity contribution in [1.82, 2.24) is 4.90 Å². The molecular weight excluding hydrogens is 270 g/mol. The van der Waals surface area contributed by atoms with E-state index in [0.717, 1.165) is 6.42 Å². The number of para-hydroxylation sites is 1. The zero-order chi connectivity index (χ0) is 15.0. The molecule has 3 rings (SSSR count). The first-order valence-electron chi connectivity index (χ1n) is 7.07. The summed E-state index contributed by atoms with van der Waals surface area (Å²) < 4.78 is 5.52. The number of fused-ring (bicyclic) bond motifs is 1. The number of hydrogen-bond donors (Lipinski definition) is 1. The van der Waals surface area contributed by atoms with Gasteiger partial charge in [0.05, 0.1) is 24.1 Å². The number of amides is 1. The quantitative estimate of drug-likeness (QED) is 0.934. The number of aliphatic hydroxyl groups is 1. The van der Waals surface area contributed by atoms with E-state index in [9.17, 15) is 14.7 Å². The fourth-order valence-corrected chi connectivity index (χ4v) is 2.80. The summed E-state index contributed by atoms with van der Waals surface area (Å²) in [6, 6.07) is 8.06. The van der Waals surface area contributed by atoms with Crippen molar-refractivity contribution in [3.05, 3.63) is 46.3 Å². The molecule has 1 saturated heterocycles. The average molecular weight is 287 g/mol. The number of nitrogens with zero attached hydrogens (tertiary/aromatic N) is 1. The van der Waals surface area contributed by atoms with Crippen LogP contribution < -0.4 is 5.43 Å². The Balaban J connectivity index is 1.85. The van der Waals surface area contributed by atoms with Crippen LogP contribution in [0.1, 0.15) is 30.3 Å². The highest BCUT2D eigenvalue weighted by Crippen LogP contribution is 2.27. The molecule has 2 heterocycles. The van der Waals surface area contributed by atoms with Crippen LogP contribution in [0.3, 0.4) is 0 Å². The number of β-amino-alcohol motifs (C(OH)–C–C–N with tert-alkyl or cyclic N) is 1. The molecule has 1 N–H and O–H groups in total. The van der Waals surface area contributed by atoms with Crippen molar-refractivity contribution >= 4 is 16.9 Å². The Morgan fingerprint density at radius 1 is 1.38 bits per heavy atom. The SMILES string of the molecule is CCCC1(O)CN(C(=O)c2cc(=O)c3ccccc3o2)C1. The van der Waals surface area contributed by atoms with Gasteiger partial charge in [0.15, 0.2) is 11.2 Å². The highest BCUT2D eigenvalue weighted by Gasteiger charge is 2.43. The molecule has 0 bridgehead atoms. The minimum Gasteiger partial charge on any atom is -0.451 e. The molecule has 0 atom stereocenters. The van der Waals surface area contributed by atoms with E-state index >= 15 is 0 Å². The molecule has 1 aliphatic rings. The first-order valence-corrected chi connectivity index (χ1v) is 7.07. The molecule has 1 amide bonds. The normalized spacial score (nSPS) is 16.8. The van der Waals surface area contributed by atoms with E-state index in [0.29, 0.717) is 17.4 Å². The zero-order valence-corrected chi connectivity index (χ0v) is 11.8. The third-order valence-corrected chi connectivity index (χ3v) is 3.82. The second-order valence-corrected chi connectivity index (χ2v) is 5.61. The minimum absolute atomic E-state index is 0.0252. The summed E-state index contributed by atoms with van der Waals surface area (Å²) in [6.45, 7) is 2.57. The molecule has 21 heavy (non-hydrogen) atoms. The number of carbonyl (C=O) groups is 1. The number of hydrogen-bond acceptors (Lipinski definition) is 4. The predicted molar refractivity (Wildman–Crippen MR) is 78.2 cm³/mol. The minimum atomic E-state index is -0.790. The lowest BCUT2D eigenvalue weighted by Gasteiger charge is -2.46. The van der Waals surface area contributed by atoms with Gasteiger partial charge in [-0.3, -0.25) is 9.59 Å². The van der Waals surface area contributed by atoms with Crippen LogP contribution in [0.25, 0.3) is 11.0 Å². The first-order chi connectivity index (χ1) is 10.0. The van der Waals surface area contributed by atoms with E-state index in [2.05, 4.69) is 0 Å². The largest absolute Gasteiger partial charge is 0.451 e. The van der Waals surface area contributed by atoms with E-state index in [1.54, 1.807) is 24.3 Å². The lowest BCUT2D eigenvalue weighted by Crippen LogP contribution is -2.63. The van der Waals surface area contributed by atoms with Gasteiger partial charge in [0, 0.05) is 6.07 Å². The van der Waals surface area contributed by atoms with Gasteiger partial charge in [-0.05, 0) is 18.6 Å². The van der Waals surface area contributed by atoms with Crippen LogP contribution in [0.4, 0.5) is 0 Å². The van der Waals surface area contributed by atoms with Crippen molar-refractivity contribution < 1.29 is 14.3 Å². The second-order valence-electron chi connectivity index (χ2n) is 5.61. The molecule has 1 fully saturated rings. The van der Waals surface area contributed by atoms with Crippen LogP contribution in [0.2, 0.25) is 0 Å². The van der Waals surface area contributed by atoms with Gasteiger partial charge < -0.3 is 14.4 Å². The van der Waals surface area contributed by atoms with E-state index in [-0.39, 0.29) is 30.2 Å². The smallest absolute Gasteiger partial charge is 0.289 e. The Labute approximate surface area is 121 Å². The van der Waals surface area contributed by atoms with Crippen molar-refractivity contribution in [2.24, 2.45) is 0 Å². The Hall–Kier alpha value is -2.14. The van der Waals surface area contributed by atoms with Crippen molar-refractivity contribution in [2.75, 3.05) is 13.1 Å². The van der Waals surface area contributed by atoms with Crippen LogP contribution in [-0.2, 0) is 0 Å². The highest BCUT2D eigenvalue weighted by molar-refractivity contribution is 5.93. The number of carbonyl (C=O) groups excluding carboxylic acids is 1. The Kier molecular flexibility index (Phi) is 3.29. The molecule has 1 aromatic heterocycles.